The number of piperidine rings is 1. The van der Waals surface area contributed by atoms with Crippen LogP contribution in [-0.2, 0) is 4.74 Å². The summed E-state index contributed by atoms with van der Waals surface area (Å²) in [5, 5.41) is 0. The second kappa shape index (κ2) is 13.0. The summed E-state index contributed by atoms with van der Waals surface area (Å²) in [5.41, 5.74) is 6.20. The standard InChI is InChI=1S/C20H32N2O3.ClH/c1-2-3-4-15-24-18-8-6-17(7-9-18)20(23)22-13-10-19(11-14-22)25-16-5-12-21;/h6-9,19H,2-5,10-16,21H2,1H3;1H. The number of amides is 1. The highest BCUT2D eigenvalue weighted by Crippen LogP contribution is 2.18. The molecule has 1 aromatic rings. The molecule has 1 saturated heterocycles. The van der Waals surface area contributed by atoms with Crippen molar-refractivity contribution >= 4 is 18.3 Å². The van der Waals surface area contributed by atoms with Gasteiger partial charge in [0.25, 0.3) is 5.91 Å². The Morgan fingerprint density at radius 3 is 2.42 bits per heavy atom. The number of carbonyl (C=O) groups excluding carboxylic acids is 1. The maximum Gasteiger partial charge on any atom is 0.253 e. The van der Waals surface area contributed by atoms with Crippen molar-refractivity contribution < 1.29 is 14.3 Å². The molecule has 1 aromatic carbocycles. The van der Waals surface area contributed by atoms with Crippen molar-refractivity contribution in [2.45, 2.75) is 51.6 Å². The number of hydrogen-bond acceptors (Lipinski definition) is 4. The molecule has 0 aliphatic carbocycles. The molecule has 0 radical (unpaired) electrons. The van der Waals surface area contributed by atoms with Crippen LogP contribution in [0.3, 0.4) is 0 Å². The van der Waals surface area contributed by atoms with Crippen LogP contribution in [0.15, 0.2) is 24.3 Å². The summed E-state index contributed by atoms with van der Waals surface area (Å²) >= 11 is 0. The first-order chi connectivity index (χ1) is 12.2. The predicted molar refractivity (Wildman–Crippen MR) is 107 cm³/mol. The maximum atomic E-state index is 12.6. The molecule has 0 bridgehead atoms. The molecule has 1 fully saturated rings. The summed E-state index contributed by atoms with van der Waals surface area (Å²) in [7, 11) is 0. The van der Waals surface area contributed by atoms with Crippen LogP contribution in [0, 0.1) is 0 Å². The highest BCUT2D eigenvalue weighted by molar-refractivity contribution is 5.94. The van der Waals surface area contributed by atoms with Crippen LogP contribution in [0.2, 0.25) is 0 Å². The summed E-state index contributed by atoms with van der Waals surface area (Å²) < 4.78 is 11.5. The first-order valence-corrected chi connectivity index (χ1v) is 9.58. The van der Waals surface area contributed by atoms with E-state index in [2.05, 4.69) is 6.92 Å². The van der Waals surface area contributed by atoms with Crippen LogP contribution in [-0.4, -0.2) is 49.8 Å². The summed E-state index contributed by atoms with van der Waals surface area (Å²) in [6, 6.07) is 7.51. The van der Waals surface area contributed by atoms with Crippen molar-refractivity contribution in [3.8, 4) is 5.75 Å². The summed E-state index contributed by atoms with van der Waals surface area (Å²) in [5.74, 6) is 0.928. The molecule has 148 valence electrons. The van der Waals surface area contributed by atoms with Crippen molar-refractivity contribution in [2.24, 2.45) is 5.73 Å². The van der Waals surface area contributed by atoms with Crippen molar-refractivity contribution in [3.63, 3.8) is 0 Å². The van der Waals surface area contributed by atoms with Gasteiger partial charge in [-0.3, -0.25) is 4.79 Å². The molecule has 0 saturated carbocycles. The lowest BCUT2D eigenvalue weighted by atomic mass is 10.1. The number of benzene rings is 1. The Hall–Kier alpha value is -1.30. The average molecular weight is 385 g/mol. The molecule has 1 amide bonds. The molecule has 26 heavy (non-hydrogen) atoms. The third-order valence-electron chi connectivity index (χ3n) is 4.55. The second-order valence-corrected chi connectivity index (χ2v) is 6.58. The molecule has 1 heterocycles. The van der Waals surface area contributed by atoms with Crippen molar-refractivity contribution in [3.05, 3.63) is 29.8 Å². The Balaban J connectivity index is 0.00000338. The molecule has 0 unspecified atom stereocenters. The van der Waals surface area contributed by atoms with Gasteiger partial charge in [-0.05, 0) is 56.5 Å². The van der Waals surface area contributed by atoms with Gasteiger partial charge in [0.15, 0.2) is 0 Å². The van der Waals surface area contributed by atoms with Gasteiger partial charge in [-0.1, -0.05) is 19.8 Å². The fourth-order valence-electron chi connectivity index (χ4n) is 2.98. The summed E-state index contributed by atoms with van der Waals surface area (Å²) in [6.45, 7) is 5.79. The smallest absolute Gasteiger partial charge is 0.253 e. The monoisotopic (exact) mass is 384 g/mol. The lowest BCUT2D eigenvalue weighted by Crippen LogP contribution is -2.41. The number of ether oxygens (including phenoxy) is 2. The van der Waals surface area contributed by atoms with Gasteiger partial charge in [-0.25, -0.2) is 0 Å². The summed E-state index contributed by atoms with van der Waals surface area (Å²) in [6.07, 6.45) is 6.39. The van der Waals surface area contributed by atoms with Crippen LogP contribution in [0.1, 0.15) is 55.8 Å². The molecule has 1 aliphatic heterocycles. The number of hydrogen-bond donors (Lipinski definition) is 1. The van der Waals surface area contributed by atoms with Crippen LogP contribution in [0.4, 0.5) is 0 Å². The molecule has 2 rings (SSSR count). The molecule has 0 atom stereocenters. The Bertz CT molecular complexity index is 502. The average Bonchev–Trinajstić information content (AvgIpc) is 2.66. The van der Waals surface area contributed by atoms with E-state index < -0.39 is 0 Å². The van der Waals surface area contributed by atoms with E-state index in [1.54, 1.807) is 0 Å². The molecule has 1 aliphatic rings. The molecule has 5 nitrogen and oxygen atoms in total. The highest BCUT2D eigenvalue weighted by Gasteiger charge is 2.23. The molecular weight excluding hydrogens is 352 g/mol. The second-order valence-electron chi connectivity index (χ2n) is 6.58. The first kappa shape index (κ1) is 22.7. The van der Waals surface area contributed by atoms with Crippen molar-refractivity contribution in [1.29, 1.82) is 0 Å². The zero-order valence-electron chi connectivity index (χ0n) is 15.8. The van der Waals surface area contributed by atoms with Gasteiger partial charge in [0, 0.05) is 25.3 Å². The van der Waals surface area contributed by atoms with Crippen LogP contribution in [0.25, 0.3) is 0 Å². The van der Waals surface area contributed by atoms with Gasteiger partial charge in [-0.2, -0.15) is 0 Å². The minimum absolute atomic E-state index is 0. The normalized spacial score (nSPS) is 14.8. The fourth-order valence-corrected chi connectivity index (χ4v) is 2.98. The van der Waals surface area contributed by atoms with Gasteiger partial charge < -0.3 is 20.1 Å². The third-order valence-corrected chi connectivity index (χ3v) is 4.55. The quantitative estimate of drug-likeness (QED) is 0.625. The van der Waals surface area contributed by atoms with E-state index in [9.17, 15) is 4.79 Å². The SMILES string of the molecule is CCCCCOc1ccc(C(=O)N2CCC(OCCCN)CC2)cc1.Cl. The largest absolute Gasteiger partial charge is 0.494 e. The number of rotatable bonds is 10. The third kappa shape index (κ3) is 7.52. The highest BCUT2D eigenvalue weighted by atomic mass is 35.5. The molecule has 0 spiro atoms. The Labute approximate surface area is 163 Å². The van der Waals surface area contributed by atoms with Gasteiger partial charge in [0.2, 0.25) is 0 Å². The van der Waals surface area contributed by atoms with Crippen LogP contribution < -0.4 is 10.5 Å². The molecule has 0 aromatic heterocycles. The lowest BCUT2D eigenvalue weighted by Gasteiger charge is -2.32. The Morgan fingerprint density at radius 1 is 1.12 bits per heavy atom. The van der Waals surface area contributed by atoms with E-state index in [4.69, 9.17) is 15.2 Å². The molecule has 2 N–H and O–H groups in total. The molecular formula is C20H33ClN2O3. The van der Waals surface area contributed by atoms with Crippen molar-refractivity contribution in [1.82, 2.24) is 4.90 Å². The van der Waals surface area contributed by atoms with Gasteiger partial charge in [0.05, 0.1) is 12.7 Å². The van der Waals surface area contributed by atoms with Gasteiger partial charge in [0.1, 0.15) is 5.75 Å². The minimum atomic E-state index is 0. The number of unbranched alkanes of at least 4 members (excludes halogenated alkanes) is 2. The van der Waals surface area contributed by atoms with Crippen LogP contribution in [0.5, 0.6) is 5.75 Å². The first-order valence-electron chi connectivity index (χ1n) is 9.58. The number of likely N-dealkylation sites (tertiary alicyclic amines) is 1. The Kier molecular flexibility index (Phi) is 11.3. The van der Waals surface area contributed by atoms with Gasteiger partial charge in [-0.15, -0.1) is 12.4 Å². The Morgan fingerprint density at radius 2 is 1.81 bits per heavy atom. The zero-order chi connectivity index (χ0) is 17.9. The van der Waals surface area contributed by atoms with E-state index in [0.717, 1.165) is 63.3 Å². The number of halogens is 1. The van der Waals surface area contributed by atoms with E-state index in [1.165, 1.54) is 12.8 Å². The van der Waals surface area contributed by atoms with E-state index in [1.807, 2.05) is 29.2 Å². The van der Waals surface area contributed by atoms with E-state index in [-0.39, 0.29) is 24.4 Å². The van der Waals surface area contributed by atoms with E-state index >= 15 is 0 Å². The zero-order valence-corrected chi connectivity index (χ0v) is 16.6. The van der Waals surface area contributed by atoms with Gasteiger partial charge >= 0.3 is 0 Å². The number of nitrogens with zero attached hydrogens (tertiary/aromatic N) is 1. The van der Waals surface area contributed by atoms with E-state index in [0.29, 0.717) is 6.54 Å². The maximum absolute atomic E-state index is 12.6. The minimum Gasteiger partial charge on any atom is -0.494 e. The van der Waals surface area contributed by atoms with Crippen LogP contribution >= 0.6 is 12.4 Å². The number of carbonyl (C=O) groups is 1. The fraction of sp³-hybridized carbons (Fsp3) is 0.650. The molecule has 6 heteroatoms. The number of nitrogens with two attached hydrogens (primary N) is 1. The predicted octanol–water partition coefficient (Wildman–Crippen LogP) is 3.65. The lowest BCUT2D eigenvalue weighted by molar-refractivity contribution is 0.00844. The summed E-state index contributed by atoms with van der Waals surface area (Å²) in [4.78, 5) is 14.5. The van der Waals surface area contributed by atoms with Crippen molar-refractivity contribution in [2.75, 3.05) is 32.8 Å². The topological polar surface area (TPSA) is 64.8 Å².